The minimum Gasteiger partial charge on any atom is -0.399 e. The van der Waals surface area contributed by atoms with Crippen LogP contribution in [0.5, 0.6) is 0 Å². The monoisotopic (exact) mass is 297 g/mol. The molecule has 1 aliphatic heterocycles. The van der Waals surface area contributed by atoms with E-state index in [1.54, 1.807) is 0 Å². The van der Waals surface area contributed by atoms with Gasteiger partial charge in [-0.2, -0.15) is 0 Å². The van der Waals surface area contributed by atoms with Crippen LogP contribution in [-0.2, 0) is 11.2 Å². The van der Waals surface area contributed by atoms with Gasteiger partial charge in [-0.15, -0.1) is 12.4 Å². The number of carbonyl (C=O) groups excluding carboxylic acids is 1. The number of piperidine rings is 1. The zero-order valence-corrected chi connectivity index (χ0v) is 13.0. The Morgan fingerprint density at radius 3 is 2.85 bits per heavy atom. The highest BCUT2D eigenvalue weighted by Crippen LogP contribution is 2.16. The maximum absolute atomic E-state index is 12.3. The summed E-state index contributed by atoms with van der Waals surface area (Å²) in [5.41, 5.74) is 7.46. The summed E-state index contributed by atoms with van der Waals surface area (Å²) in [6.07, 6.45) is 2.71. The molecule has 5 heteroatoms. The Morgan fingerprint density at radius 1 is 1.45 bits per heavy atom. The van der Waals surface area contributed by atoms with Gasteiger partial charge in [0.2, 0.25) is 5.91 Å². The molecule has 1 saturated heterocycles. The highest BCUT2D eigenvalue weighted by molar-refractivity contribution is 5.85. The molecule has 0 radical (unpaired) electrons. The maximum Gasteiger partial charge on any atom is 0.227 e. The number of halogens is 1. The van der Waals surface area contributed by atoms with Crippen LogP contribution in [-0.4, -0.2) is 48.9 Å². The Kier molecular flexibility index (Phi) is 6.30. The first-order chi connectivity index (χ1) is 9.06. The zero-order valence-electron chi connectivity index (χ0n) is 12.2. The number of likely N-dealkylation sites (tertiary alicyclic amines) is 1. The summed E-state index contributed by atoms with van der Waals surface area (Å²) in [6.45, 7) is 1.72. The number of nitrogens with zero attached hydrogens (tertiary/aromatic N) is 2. The van der Waals surface area contributed by atoms with Crippen molar-refractivity contribution in [1.82, 2.24) is 9.80 Å². The summed E-state index contributed by atoms with van der Waals surface area (Å²) < 4.78 is 0. The molecule has 4 nitrogen and oxygen atoms in total. The van der Waals surface area contributed by atoms with E-state index in [0.29, 0.717) is 12.5 Å². The molecule has 1 aromatic rings. The Morgan fingerprint density at radius 2 is 2.20 bits per heavy atom. The number of rotatable bonds is 3. The average molecular weight is 298 g/mol. The molecule has 1 aliphatic rings. The lowest BCUT2D eigenvalue weighted by atomic mass is 10.0. The summed E-state index contributed by atoms with van der Waals surface area (Å²) >= 11 is 0. The molecule has 1 atom stereocenters. The van der Waals surface area contributed by atoms with E-state index in [9.17, 15) is 4.79 Å². The molecule has 20 heavy (non-hydrogen) atoms. The van der Waals surface area contributed by atoms with Gasteiger partial charge in [0.25, 0.3) is 0 Å². The molecule has 1 amide bonds. The van der Waals surface area contributed by atoms with Crippen LogP contribution >= 0.6 is 12.4 Å². The quantitative estimate of drug-likeness (QED) is 0.865. The molecular formula is C15H24ClN3O. The lowest BCUT2D eigenvalue weighted by Crippen LogP contribution is -2.47. The predicted octanol–water partition coefficient (Wildman–Crippen LogP) is 1.79. The van der Waals surface area contributed by atoms with Gasteiger partial charge in [0.1, 0.15) is 0 Å². The minimum absolute atomic E-state index is 0. The number of benzene rings is 1. The van der Waals surface area contributed by atoms with Gasteiger partial charge in [-0.05, 0) is 44.6 Å². The summed E-state index contributed by atoms with van der Waals surface area (Å²) in [5.74, 6) is 0.206. The van der Waals surface area contributed by atoms with Gasteiger partial charge in [-0.3, -0.25) is 4.79 Å². The fraction of sp³-hybridized carbons (Fsp3) is 0.533. The zero-order chi connectivity index (χ0) is 13.8. The standard InChI is InChI=1S/C15H23N3O.ClH/c1-17(2)14-7-4-8-18(11-14)15(19)10-12-5-3-6-13(16)9-12;/h3,5-6,9,14H,4,7-8,10-11,16H2,1-2H3;1H. The van der Waals surface area contributed by atoms with E-state index >= 15 is 0 Å². The normalized spacial score (nSPS) is 18.8. The summed E-state index contributed by atoms with van der Waals surface area (Å²) in [7, 11) is 4.16. The van der Waals surface area contributed by atoms with Crippen LogP contribution in [0, 0.1) is 0 Å². The second-order valence-corrected chi connectivity index (χ2v) is 5.52. The molecule has 2 N–H and O–H groups in total. The predicted molar refractivity (Wildman–Crippen MR) is 85.1 cm³/mol. The van der Waals surface area contributed by atoms with Crippen LogP contribution in [0.2, 0.25) is 0 Å². The third-order valence-corrected chi connectivity index (χ3v) is 3.79. The lowest BCUT2D eigenvalue weighted by Gasteiger charge is -2.36. The number of amides is 1. The van der Waals surface area contributed by atoms with Gasteiger partial charge in [-0.25, -0.2) is 0 Å². The van der Waals surface area contributed by atoms with Crippen molar-refractivity contribution in [2.24, 2.45) is 0 Å². The van der Waals surface area contributed by atoms with Gasteiger partial charge >= 0.3 is 0 Å². The van der Waals surface area contributed by atoms with Gasteiger partial charge in [0.05, 0.1) is 6.42 Å². The van der Waals surface area contributed by atoms with Crippen molar-refractivity contribution in [1.29, 1.82) is 0 Å². The van der Waals surface area contributed by atoms with Gasteiger partial charge in [0, 0.05) is 24.8 Å². The lowest BCUT2D eigenvalue weighted by molar-refractivity contribution is -0.132. The molecule has 2 rings (SSSR count). The molecule has 1 aromatic carbocycles. The second kappa shape index (κ2) is 7.50. The molecule has 0 bridgehead atoms. The molecule has 0 saturated carbocycles. The summed E-state index contributed by atoms with van der Waals surface area (Å²) in [6, 6.07) is 8.07. The number of likely N-dealkylation sites (N-methyl/N-ethyl adjacent to an activating group) is 1. The molecule has 0 spiro atoms. The first kappa shape index (κ1) is 16.8. The fourth-order valence-electron chi connectivity index (χ4n) is 2.59. The molecule has 1 fully saturated rings. The number of nitrogens with two attached hydrogens (primary N) is 1. The van der Waals surface area contributed by atoms with Crippen molar-refractivity contribution >= 4 is 24.0 Å². The third kappa shape index (κ3) is 4.39. The maximum atomic E-state index is 12.3. The van der Waals surface area contributed by atoms with Crippen LogP contribution in [0.4, 0.5) is 5.69 Å². The highest BCUT2D eigenvalue weighted by Gasteiger charge is 2.24. The van der Waals surface area contributed by atoms with Gasteiger partial charge in [0.15, 0.2) is 0 Å². The van der Waals surface area contributed by atoms with E-state index in [-0.39, 0.29) is 18.3 Å². The van der Waals surface area contributed by atoms with Crippen molar-refractivity contribution in [3.8, 4) is 0 Å². The van der Waals surface area contributed by atoms with Crippen LogP contribution in [0.15, 0.2) is 24.3 Å². The first-order valence-electron chi connectivity index (χ1n) is 6.85. The molecule has 112 valence electrons. The Bertz CT molecular complexity index is 450. The van der Waals surface area contributed by atoms with E-state index in [1.165, 1.54) is 6.42 Å². The highest BCUT2D eigenvalue weighted by atomic mass is 35.5. The van der Waals surface area contributed by atoms with Crippen molar-refractivity contribution in [2.75, 3.05) is 32.9 Å². The molecule has 1 heterocycles. The summed E-state index contributed by atoms with van der Waals surface area (Å²) in [4.78, 5) is 16.5. The Hall–Kier alpha value is -1.26. The Labute approximate surface area is 127 Å². The number of hydrogen-bond donors (Lipinski definition) is 1. The molecular weight excluding hydrogens is 274 g/mol. The van der Waals surface area contributed by atoms with Crippen LogP contribution in [0.25, 0.3) is 0 Å². The number of hydrogen-bond acceptors (Lipinski definition) is 3. The molecule has 0 aliphatic carbocycles. The summed E-state index contributed by atoms with van der Waals surface area (Å²) in [5, 5.41) is 0. The SMILES string of the molecule is CN(C)C1CCCN(C(=O)Cc2cccc(N)c2)C1.Cl. The van der Waals surface area contributed by atoms with Crippen molar-refractivity contribution < 1.29 is 4.79 Å². The third-order valence-electron chi connectivity index (χ3n) is 3.79. The molecule has 0 aromatic heterocycles. The van der Waals surface area contributed by atoms with Crippen LogP contribution in [0.1, 0.15) is 18.4 Å². The van der Waals surface area contributed by atoms with Crippen LogP contribution in [0.3, 0.4) is 0 Å². The Balaban J connectivity index is 0.00000200. The van der Waals surface area contributed by atoms with Gasteiger partial charge in [-0.1, -0.05) is 12.1 Å². The number of nitrogen functional groups attached to an aromatic ring is 1. The topological polar surface area (TPSA) is 49.6 Å². The van der Waals surface area contributed by atoms with Crippen LogP contribution < -0.4 is 5.73 Å². The second-order valence-electron chi connectivity index (χ2n) is 5.52. The van der Waals surface area contributed by atoms with E-state index in [4.69, 9.17) is 5.73 Å². The average Bonchev–Trinajstić information content (AvgIpc) is 2.39. The number of anilines is 1. The smallest absolute Gasteiger partial charge is 0.227 e. The largest absolute Gasteiger partial charge is 0.399 e. The van der Waals surface area contributed by atoms with E-state index in [1.807, 2.05) is 29.2 Å². The van der Waals surface area contributed by atoms with Gasteiger partial charge < -0.3 is 15.5 Å². The first-order valence-corrected chi connectivity index (χ1v) is 6.85. The molecule has 1 unspecified atom stereocenters. The van der Waals surface area contributed by atoms with E-state index in [2.05, 4.69) is 19.0 Å². The van der Waals surface area contributed by atoms with E-state index < -0.39 is 0 Å². The minimum atomic E-state index is 0. The van der Waals surface area contributed by atoms with Crippen molar-refractivity contribution in [3.63, 3.8) is 0 Å². The fourth-order valence-corrected chi connectivity index (χ4v) is 2.59. The number of carbonyl (C=O) groups is 1. The van der Waals surface area contributed by atoms with Crippen molar-refractivity contribution in [2.45, 2.75) is 25.3 Å². The van der Waals surface area contributed by atoms with E-state index in [0.717, 1.165) is 30.8 Å². The van der Waals surface area contributed by atoms with Crippen molar-refractivity contribution in [3.05, 3.63) is 29.8 Å².